The number of anilines is 2. The maximum atomic E-state index is 12.0. The summed E-state index contributed by atoms with van der Waals surface area (Å²) >= 11 is 0. The van der Waals surface area contributed by atoms with E-state index in [2.05, 4.69) is 17.1 Å². The predicted molar refractivity (Wildman–Crippen MR) is 103 cm³/mol. The number of hydrogen-bond donors (Lipinski definition) is 1. The smallest absolute Gasteiger partial charge is 0.225 e. The van der Waals surface area contributed by atoms with Crippen molar-refractivity contribution in [1.29, 1.82) is 0 Å². The number of benzene rings is 1. The maximum Gasteiger partial charge on any atom is 0.225 e. The molecule has 1 aromatic rings. The van der Waals surface area contributed by atoms with Gasteiger partial charge in [0.2, 0.25) is 11.8 Å². The van der Waals surface area contributed by atoms with Crippen molar-refractivity contribution in [3.05, 3.63) is 24.3 Å². The number of hydrogen-bond acceptors (Lipinski definition) is 3. The lowest BCUT2D eigenvalue weighted by Crippen LogP contribution is -2.49. The van der Waals surface area contributed by atoms with Gasteiger partial charge in [-0.2, -0.15) is 0 Å². The van der Waals surface area contributed by atoms with Crippen LogP contribution in [0.2, 0.25) is 0 Å². The van der Waals surface area contributed by atoms with Crippen molar-refractivity contribution in [2.75, 3.05) is 36.4 Å². The standard InChI is InChI=1S/C20H31N3O2/c1-4-5-6-7-19(24)21-17-8-10-18(11-9-17)22-12-14-23(15-13-22)20(25)16(2)3/h8-11,16H,4-7,12-15H2,1-3H3,(H,21,24). The summed E-state index contributed by atoms with van der Waals surface area (Å²) in [6.07, 6.45) is 3.75. The molecular weight excluding hydrogens is 314 g/mol. The SMILES string of the molecule is CCCCCC(=O)Nc1ccc(N2CCN(C(=O)C(C)C)CC2)cc1. The number of nitrogens with one attached hydrogen (secondary N) is 1. The molecule has 1 N–H and O–H groups in total. The zero-order valence-corrected chi connectivity index (χ0v) is 15.8. The number of rotatable bonds is 7. The van der Waals surface area contributed by atoms with E-state index in [9.17, 15) is 9.59 Å². The first-order chi connectivity index (χ1) is 12.0. The van der Waals surface area contributed by atoms with Gasteiger partial charge in [0, 0.05) is 49.9 Å². The van der Waals surface area contributed by atoms with Gasteiger partial charge in [-0.25, -0.2) is 0 Å². The minimum absolute atomic E-state index is 0.0618. The van der Waals surface area contributed by atoms with Crippen LogP contribution in [0.1, 0.15) is 46.5 Å². The van der Waals surface area contributed by atoms with Crippen LogP contribution in [-0.2, 0) is 9.59 Å². The highest BCUT2D eigenvalue weighted by atomic mass is 16.2. The summed E-state index contributed by atoms with van der Waals surface area (Å²) in [5.41, 5.74) is 1.99. The topological polar surface area (TPSA) is 52.7 Å². The molecule has 0 saturated carbocycles. The first-order valence-electron chi connectivity index (χ1n) is 9.45. The van der Waals surface area contributed by atoms with Crippen LogP contribution in [0.25, 0.3) is 0 Å². The lowest BCUT2D eigenvalue weighted by atomic mass is 10.1. The van der Waals surface area contributed by atoms with Gasteiger partial charge in [0.25, 0.3) is 0 Å². The molecule has 2 amide bonds. The molecule has 0 unspecified atom stereocenters. The van der Waals surface area contributed by atoms with Gasteiger partial charge < -0.3 is 15.1 Å². The van der Waals surface area contributed by atoms with Crippen molar-refractivity contribution in [3.8, 4) is 0 Å². The number of carbonyl (C=O) groups is 2. The second kappa shape index (κ2) is 9.44. The summed E-state index contributed by atoms with van der Waals surface area (Å²) in [5.74, 6) is 0.384. The summed E-state index contributed by atoms with van der Waals surface area (Å²) in [7, 11) is 0. The van der Waals surface area contributed by atoms with Crippen LogP contribution in [0.3, 0.4) is 0 Å². The Hall–Kier alpha value is -2.04. The van der Waals surface area contributed by atoms with Crippen molar-refractivity contribution < 1.29 is 9.59 Å². The van der Waals surface area contributed by atoms with E-state index in [-0.39, 0.29) is 17.7 Å². The highest BCUT2D eigenvalue weighted by Crippen LogP contribution is 2.20. The normalized spacial score (nSPS) is 14.7. The second-order valence-corrected chi connectivity index (χ2v) is 7.02. The van der Waals surface area contributed by atoms with Crippen LogP contribution in [0.15, 0.2) is 24.3 Å². The summed E-state index contributed by atoms with van der Waals surface area (Å²) in [5, 5.41) is 2.96. The Bertz CT molecular complexity index is 561. The third-order valence-corrected chi connectivity index (χ3v) is 4.61. The molecule has 25 heavy (non-hydrogen) atoms. The molecule has 1 saturated heterocycles. The van der Waals surface area contributed by atoms with Crippen LogP contribution in [0.5, 0.6) is 0 Å². The van der Waals surface area contributed by atoms with E-state index in [1.165, 1.54) is 0 Å². The van der Waals surface area contributed by atoms with Gasteiger partial charge in [-0.05, 0) is 30.7 Å². The van der Waals surface area contributed by atoms with E-state index in [0.29, 0.717) is 6.42 Å². The molecule has 0 aliphatic carbocycles. The highest BCUT2D eigenvalue weighted by molar-refractivity contribution is 5.90. The zero-order chi connectivity index (χ0) is 18.2. The molecule has 138 valence electrons. The van der Waals surface area contributed by atoms with Gasteiger partial charge in [-0.1, -0.05) is 33.6 Å². The third kappa shape index (κ3) is 5.76. The van der Waals surface area contributed by atoms with E-state index in [1.54, 1.807) is 0 Å². The maximum absolute atomic E-state index is 12.0. The lowest BCUT2D eigenvalue weighted by molar-refractivity contribution is -0.134. The summed E-state index contributed by atoms with van der Waals surface area (Å²) < 4.78 is 0. The average molecular weight is 345 g/mol. The number of carbonyl (C=O) groups excluding carboxylic acids is 2. The monoisotopic (exact) mass is 345 g/mol. The van der Waals surface area contributed by atoms with Gasteiger partial charge >= 0.3 is 0 Å². The first-order valence-corrected chi connectivity index (χ1v) is 9.45. The summed E-state index contributed by atoms with van der Waals surface area (Å²) in [6.45, 7) is 9.27. The molecule has 0 aromatic heterocycles. The molecule has 1 aliphatic rings. The van der Waals surface area contributed by atoms with Crippen molar-refractivity contribution in [2.45, 2.75) is 46.5 Å². The average Bonchev–Trinajstić information content (AvgIpc) is 2.62. The molecule has 1 aromatic carbocycles. The van der Waals surface area contributed by atoms with E-state index < -0.39 is 0 Å². The minimum Gasteiger partial charge on any atom is -0.368 e. The Labute approximate surface area is 151 Å². The van der Waals surface area contributed by atoms with Crippen LogP contribution >= 0.6 is 0 Å². The van der Waals surface area contributed by atoms with Crippen molar-refractivity contribution in [1.82, 2.24) is 4.90 Å². The molecule has 0 radical (unpaired) electrons. The van der Waals surface area contributed by atoms with Gasteiger partial charge in [0.15, 0.2) is 0 Å². The van der Waals surface area contributed by atoms with Gasteiger partial charge in [-0.3, -0.25) is 9.59 Å². The van der Waals surface area contributed by atoms with E-state index in [1.807, 2.05) is 43.0 Å². The molecule has 2 rings (SSSR count). The molecule has 0 spiro atoms. The molecule has 0 bridgehead atoms. The Morgan fingerprint density at radius 1 is 1.04 bits per heavy atom. The largest absolute Gasteiger partial charge is 0.368 e. The Morgan fingerprint density at radius 3 is 2.24 bits per heavy atom. The van der Waals surface area contributed by atoms with E-state index >= 15 is 0 Å². The second-order valence-electron chi connectivity index (χ2n) is 7.02. The molecule has 0 atom stereocenters. The molecule has 1 fully saturated rings. The molecule has 5 nitrogen and oxygen atoms in total. The predicted octanol–water partition coefficient (Wildman–Crippen LogP) is 3.51. The molecule has 5 heteroatoms. The van der Waals surface area contributed by atoms with E-state index in [0.717, 1.165) is 56.8 Å². The fourth-order valence-electron chi connectivity index (χ4n) is 3.06. The number of amides is 2. The van der Waals surface area contributed by atoms with Gasteiger partial charge in [0.05, 0.1) is 0 Å². The number of unbranched alkanes of at least 4 members (excludes halogenated alkanes) is 2. The van der Waals surface area contributed by atoms with Crippen LogP contribution in [-0.4, -0.2) is 42.9 Å². The molecule has 1 heterocycles. The molecule has 1 aliphatic heterocycles. The number of piperazine rings is 1. The van der Waals surface area contributed by atoms with Crippen molar-refractivity contribution in [3.63, 3.8) is 0 Å². The zero-order valence-electron chi connectivity index (χ0n) is 15.8. The Kier molecular flexibility index (Phi) is 7.29. The van der Waals surface area contributed by atoms with Crippen molar-refractivity contribution >= 4 is 23.2 Å². The summed E-state index contributed by atoms with van der Waals surface area (Å²) in [4.78, 5) is 28.2. The lowest BCUT2D eigenvalue weighted by Gasteiger charge is -2.37. The fraction of sp³-hybridized carbons (Fsp3) is 0.600. The van der Waals surface area contributed by atoms with Crippen LogP contribution < -0.4 is 10.2 Å². The quantitative estimate of drug-likeness (QED) is 0.770. The van der Waals surface area contributed by atoms with E-state index in [4.69, 9.17) is 0 Å². The minimum atomic E-state index is 0.0618. The van der Waals surface area contributed by atoms with Crippen molar-refractivity contribution in [2.24, 2.45) is 5.92 Å². The van der Waals surface area contributed by atoms with Crippen LogP contribution in [0, 0.1) is 5.92 Å². The fourth-order valence-corrected chi connectivity index (χ4v) is 3.06. The Balaban J connectivity index is 1.82. The number of nitrogens with zero attached hydrogens (tertiary/aromatic N) is 2. The first kappa shape index (κ1) is 19.3. The third-order valence-electron chi connectivity index (χ3n) is 4.61. The highest BCUT2D eigenvalue weighted by Gasteiger charge is 2.22. The van der Waals surface area contributed by atoms with Gasteiger partial charge in [0.1, 0.15) is 0 Å². The van der Waals surface area contributed by atoms with Crippen LogP contribution in [0.4, 0.5) is 11.4 Å². The molecular formula is C20H31N3O2. The summed E-state index contributed by atoms with van der Waals surface area (Å²) in [6, 6.07) is 8.00. The Morgan fingerprint density at radius 2 is 1.68 bits per heavy atom. The van der Waals surface area contributed by atoms with Gasteiger partial charge in [-0.15, -0.1) is 0 Å².